The van der Waals surface area contributed by atoms with Gasteiger partial charge in [-0.3, -0.25) is 0 Å². The molecule has 1 aromatic rings. The van der Waals surface area contributed by atoms with Crippen molar-refractivity contribution in [3.8, 4) is 16.9 Å². The van der Waals surface area contributed by atoms with Crippen LogP contribution in [0.2, 0.25) is 0 Å². The van der Waals surface area contributed by atoms with Crippen LogP contribution in [0.5, 0.6) is 5.75 Å². The highest BCUT2D eigenvalue weighted by Crippen LogP contribution is 2.50. The number of fused-ring (bicyclic) bond motifs is 1. The van der Waals surface area contributed by atoms with Crippen LogP contribution in [0.3, 0.4) is 0 Å². The van der Waals surface area contributed by atoms with Gasteiger partial charge in [-0.15, -0.1) is 0 Å². The third-order valence-electron chi connectivity index (χ3n) is 5.34. The van der Waals surface area contributed by atoms with Crippen molar-refractivity contribution in [2.75, 3.05) is 27.1 Å². The highest BCUT2D eigenvalue weighted by atomic mass is 32.2. The molecule has 5 nitrogen and oxygen atoms in total. The van der Waals surface area contributed by atoms with E-state index in [-0.39, 0.29) is 17.6 Å². The molecule has 0 aliphatic heterocycles. The standard InChI is InChI=1S/C24H32O5S/c1-17(13-21(25)26)7-12-30-18-14-19-22(24(4,5)9-8-23(19,2)3)20(15-18)29-16-28-11-10-27-6/h13-15H,8-11,16H2,1-6H3,(H,25,26)/b17-13+. The maximum atomic E-state index is 10.8. The summed E-state index contributed by atoms with van der Waals surface area (Å²) in [6, 6.07) is 4.21. The van der Waals surface area contributed by atoms with Gasteiger partial charge in [0.15, 0.2) is 6.79 Å². The number of aliphatic carboxylic acids is 1. The van der Waals surface area contributed by atoms with E-state index in [9.17, 15) is 4.79 Å². The zero-order chi connectivity index (χ0) is 22.4. The molecule has 1 N–H and O–H groups in total. The number of allylic oxidation sites excluding steroid dienone is 1. The van der Waals surface area contributed by atoms with Crippen LogP contribution < -0.4 is 4.74 Å². The van der Waals surface area contributed by atoms with Crippen LogP contribution in [0.1, 0.15) is 58.6 Å². The summed E-state index contributed by atoms with van der Waals surface area (Å²) in [5.74, 6) is 2.71. The van der Waals surface area contributed by atoms with Gasteiger partial charge in [-0.05, 0) is 65.3 Å². The van der Waals surface area contributed by atoms with Gasteiger partial charge in [0.05, 0.1) is 13.2 Å². The van der Waals surface area contributed by atoms with Gasteiger partial charge in [-0.2, -0.15) is 0 Å². The van der Waals surface area contributed by atoms with E-state index < -0.39 is 5.97 Å². The van der Waals surface area contributed by atoms with Gasteiger partial charge in [0, 0.05) is 29.2 Å². The number of hydrogen-bond donors (Lipinski definition) is 1. The summed E-state index contributed by atoms with van der Waals surface area (Å²) >= 11 is 1.38. The molecule has 0 heterocycles. The molecule has 0 aromatic heterocycles. The lowest BCUT2D eigenvalue weighted by atomic mass is 9.63. The first-order valence-electron chi connectivity index (χ1n) is 10.0. The summed E-state index contributed by atoms with van der Waals surface area (Å²) < 4.78 is 16.6. The number of carbonyl (C=O) groups is 1. The molecule has 30 heavy (non-hydrogen) atoms. The van der Waals surface area contributed by atoms with Crippen LogP contribution in [0.25, 0.3) is 0 Å². The monoisotopic (exact) mass is 432 g/mol. The summed E-state index contributed by atoms with van der Waals surface area (Å²) in [5.41, 5.74) is 3.05. The molecular weight excluding hydrogens is 400 g/mol. The van der Waals surface area contributed by atoms with E-state index in [1.54, 1.807) is 14.0 Å². The van der Waals surface area contributed by atoms with Gasteiger partial charge in [-0.1, -0.05) is 33.6 Å². The number of methoxy groups -OCH3 is 1. The fraction of sp³-hybridized carbons (Fsp3) is 0.542. The molecule has 0 radical (unpaired) electrons. The number of hydrogen-bond acceptors (Lipinski definition) is 5. The van der Waals surface area contributed by atoms with E-state index in [0.717, 1.165) is 29.6 Å². The topological polar surface area (TPSA) is 65.0 Å². The van der Waals surface area contributed by atoms with Crippen molar-refractivity contribution < 1.29 is 24.1 Å². The largest absolute Gasteiger partial charge is 0.478 e. The Morgan fingerprint density at radius 2 is 1.90 bits per heavy atom. The Bertz CT molecular complexity index is 858. The zero-order valence-corrected chi connectivity index (χ0v) is 19.6. The van der Waals surface area contributed by atoms with E-state index in [0.29, 0.717) is 18.8 Å². The Balaban J connectivity index is 2.37. The number of carboxylic acid groups (broad SMARTS) is 1. The molecule has 0 atom stereocenters. The smallest absolute Gasteiger partial charge is 0.329 e. The summed E-state index contributed by atoms with van der Waals surface area (Å²) in [4.78, 5) is 11.7. The average molecular weight is 433 g/mol. The predicted molar refractivity (Wildman–Crippen MR) is 120 cm³/mol. The second-order valence-corrected chi connectivity index (χ2v) is 9.65. The molecule has 164 valence electrons. The lowest BCUT2D eigenvalue weighted by molar-refractivity contribution is -0.131. The minimum Gasteiger partial charge on any atom is -0.478 e. The fourth-order valence-corrected chi connectivity index (χ4v) is 4.24. The maximum absolute atomic E-state index is 10.8. The van der Waals surface area contributed by atoms with E-state index in [2.05, 4.69) is 44.9 Å². The van der Waals surface area contributed by atoms with E-state index >= 15 is 0 Å². The molecule has 2 rings (SSSR count). The first kappa shape index (κ1) is 24.3. The number of rotatable bonds is 8. The number of thioether (sulfide) groups is 1. The number of carboxylic acids is 1. The first-order valence-corrected chi connectivity index (χ1v) is 10.9. The van der Waals surface area contributed by atoms with Crippen LogP contribution in [-0.2, 0) is 25.1 Å². The van der Waals surface area contributed by atoms with Crippen molar-refractivity contribution in [1.82, 2.24) is 0 Å². The first-order chi connectivity index (χ1) is 14.1. The van der Waals surface area contributed by atoms with Crippen LogP contribution in [0, 0.1) is 11.2 Å². The Morgan fingerprint density at radius 3 is 2.57 bits per heavy atom. The van der Waals surface area contributed by atoms with Crippen molar-refractivity contribution in [3.05, 3.63) is 34.9 Å². The Hall–Kier alpha value is -1.94. The molecular formula is C24H32O5S. The van der Waals surface area contributed by atoms with Gasteiger partial charge in [0.1, 0.15) is 5.75 Å². The van der Waals surface area contributed by atoms with Crippen LogP contribution >= 0.6 is 11.8 Å². The molecule has 6 heteroatoms. The van der Waals surface area contributed by atoms with Gasteiger partial charge in [0.25, 0.3) is 0 Å². The number of benzene rings is 1. The normalized spacial score (nSPS) is 16.9. The van der Waals surface area contributed by atoms with Crippen molar-refractivity contribution in [2.24, 2.45) is 0 Å². The Kier molecular flexibility index (Phi) is 8.42. The highest BCUT2D eigenvalue weighted by molar-refractivity contribution is 8.04. The molecule has 0 unspecified atom stereocenters. The SMILES string of the molecule is COCCOCOc1cc(SC#C/C(C)=C/C(=O)O)cc2c1C(C)(C)CCC2(C)C. The minimum absolute atomic E-state index is 0.00239. The Labute approximate surface area is 184 Å². The fourth-order valence-electron chi connectivity index (χ4n) is 3.57. The highest BCUT2D eigenvalue weighted by Gasteiger charge is 2.39. The van der Waals surface area contributed by atoms with Crippen LogP contribution in [0.15, 0.2) is 28.7 Å². The molecule has 0 saturated carbocycles. The van der Waals surface area contributed by atoms with Crippen molar-refractivity contribution >= 4 is 17.7 Å². The van der Waals surface area contributed by atoms with Crippen LogP contribution in [0.4, 0.5) is 0 Å². The summed E-state index contributed by atoms with van der Waals surface area (Å²) in [7, 11) is 1.64. The third kappa shape index (κ3) is 6.53. The third-order valence-corrected chi connectivity index (χ3v) is 6.02. The molecule has 1 aliphatic rings. The second-order valence-electron chi connectivity index (χ2n) is 8.77. The van der Waals surface area contributed by atoms with Crippen LogP contribution in [-0.4, -0.2) is 38.2 Å². The van der Waals surface area contributed by atoms with E-state index in [1.165, 1.54) is 22.9 Å². The van der Waals surface area contributed by atoms with Crippen molar-refractivity contribution in [3.63, 3.8) is 0 Å². The number of ether oxygens (including phenoxy) is 3. The predicted octanol–water partition coefficient (Wildman–Crippen LogP) is 5.12. The lowest BCUT2D eigenvalue weighted by Crippen LogP contribution is -2.34. The summed E-state index contributed by atoms with van der Waals surface area (Å²) in [6.07, 6.45) is 3.29. The average Bonchev–Trinajstić information content (AvgIpc) is 2.64. The molecule has 0 fully saturated rings. The molecule has 0 saturated heterocycles. The van der Waals surface area contributed by atoms with Crippen molar-refractivity contribution in [1.29, 1.82) is 0 Å². The lowest BCUT2D eigenvalue weighted by Gasteiger charge is -2.42. The molecule has 0 spiro atoms. The maximum Gasteiger partial charge on any atom is 0.329 e. The quantitative estimate of drug-likeness (QED) is 0.202. The molecule has 0 amide bonds. The molecule has 1 aromatic carbocycles. The summed E-state index contributed by atoms with van der Waals surface area (Å²) in [5, 5.41) is 11.8. The van der Waals surface area contributed by atoms with E-state index in [4.69, 9.17) is 19.3 Å². The molecule has 1 aliphatic carbocycles. The van der Waals surface area contributed by atoms with Crippen molar-refractivity contribution in [2.45, 2.75) is 63.2 Å². The minimum atomic E-state index is -0.992. The Morgan fingerprint density at radius 1 is 1.20 bits per heavy atom. The second kappa shape index (κ2) is 10.4. The van der Waals surface area contributed by atoms with Gasteiger partial charge in [-0.25, -0.2) is 4.79 Å². The van der Waals surface area contributed by atoms with E-state index in [1.807, 2.05) is 6.07 Å². The van der Waals surface area contributed by atoms with Gasteiger partial charge in [0.2, 0.25) is 0 Å². The summed E-state index contributed by atoms with van der Waals surface area (Å²) in [6.45, 7) is 11.9. The molecule has 0 bridgehead atoms. The zero-order valence-electron chi connectivity index (χ0n) is 18.8. The van der Waals surface area contributed by atoms with Gasteiger partial charge < -0.3 is 19.3 Å². The van der Waals surface area contributed by atoms with Gasteiger partial charge >= 0.3 is 5.97 Å².